The summed E-state index contributed by atoms with van der Waals surface area (Å²) in [7, 11) is 1.40. The fraction of sp³-hybridized carbons (Fsp3) is 0.462. The monoisotopic (exact) mass is 252 g/mol. The Morgan fingerprint density at radius 3 is 2.83 bits per heavy atom. The molecule has 0 radical (unpaired) electrons. The van der Waals surface area contributed by atoms with Gasteiger partial charge in [0.05, 0.1) is 7.11 Å². The molecule has 2 N–H and O–H groups in total. The Bertz CT molecular complexity index is 447. The first-order valence-electron chi connectivity index (χ1n) is 5.97. The van der Waals surface area contributed by atoms with Crippen LogP contribution in [0.5, 0.6) is 5.75 Å². The lowest BCUT2D eigenvalue weighted by atomic mass is 9.88. The summed E-state index contributed by atoms with van der Waals surface area (Å²) in [6, 6.07) is 4.30. The predicted octanol–water partition coefficient (Wildman–Crippen LogP) is 1.63. The van der Waals surface area contributed by atoms with Crippen LogP contribution < -0.4 is 15.4 Å². The minimum atomic E-state index is -0.438. The Hall–Kier alpha value is -1.62. The van der Waals surface area contributed by atoms with Crippen molar-refractivity contribution in [2.24, 2.45) is 11.8 Å². The number of benzene rings is 1. The molecule has 4 nitrogen and oxygen atoms in total. The van der Waals surface area contributed by atoms with Gasteiger partial charge in [-0.3, -0.25) is 4.79 Å². The van der Waals surface area contributed by atoms with Crippen molar-refractivity contribution >= 4 is 11.6 Å². The summed E-state index contributed by atoms with van der Waals surface area (Å²) in [4.78, 5) is 12.0. The molecule has 1 unspecified atom stereocenters. The number of ether oxygens (including phenoxy) is 1. The Morgan fingerprint density at radius 2 is 2.28 bits per heavy atom. The number of anilines is 1. The summed E-state index contributed by atoms with van der Waals surface area (Å²) in [5.74, 6) is -0.0256. The summed E-state index contributed by atoms with van der Waals surface area (Å²) in [6.07, 6.45) is 0. The topological polar surface area (TPSA) is 50.4 Å². The molecule has 0 spiro atoms. The van der Waals surface area contributed by atoms with E-state index in [1.165, 1.54) is 25.3 Å². The molecule has 0 aromatic heterocycles. The van der Waals surface area contributed by atoms with Gasteiger partial charge in [0, 0.05) is 17.7 Å². The standard InChI is InChI=1S/C13H17FN2O2/c1-8(9-6-15-7-9)13(17)16-10-3-4-11(14)12(5-10)18-2/h3-5,8-9,15H,6-7H2,1-2H3,(H,16,17). The predicted molar refractivity (Wildman–Crippen MR) is 67.1 cm³/mol. The van der Waals surface area contributed by atoms with Crippen molar-refractivity contribution in [3.8, 4) is 5.75 Å². The number of nitrogens with one attached hydrogen (secondary N) is 2. The largest absolute Gasteiger partial charge is 0.494 e. The lowest BCUT2D eigenvalue weighted by molar-refractivity contribution is -0.121. The van der Waals surface area contributed by atoms with E-state index < -0.39 is 5.82 Å². The number of carbonyl (C=O) groups is 1. The summed E-state index contributed by atoms with van der Waals surface area (Å²) in [5, 5.41) is 5.92. The maximum absolute atomic E-state index is 13.2. The van der Waals surface area contributed by atoms with Gasteiger partial charge < -0.3 is 15.4 Å². The molecule has 98 valence electrons. The second-order valence-electron chi connectivity index (χ2n) is 4.55. The van der Waals surface area contributed by atoms with Gasteiger partial charge in [-0.2, -0.15) is 0 Å². The molecule has 0 aliphatic carbocycles. The zero-order valence-corrected chi connectivity index (χ0v) is 10.5. The molecule has 5 heteroatoms. The van der Waals surface area contributed by atoms with Crippen LogP contribution in [0.3, 0.4) is 0 Å². The second-order valence-corrected chi connectivity index (χ2v) is 4.55. The van der Waals surface area contributed by atoms with Crippen LogP contribution in [0.4, 0.5) is 10.1 Å². The molecule has 1 atom stereocenters. The molecule has 1 heterocycles. The number of rotatable bonds is 4. The molecule has 2 rings (SSSR count). The molecule has 1 fully saturated rings. The van der Waals surface area contributed by atoms with Crippen molar-refractivity contribution in [1.29, 1.82) is 0 Å². The van der Waals surface area contributed by atoms with Crippen molar-refractivity contribution in [3.05, 3.63) is 24.0 Å². The van der Waals surface area contributed by atoms with E-state index in [4.69, 9.17) is 4.74 Å². The molecule has 18 heavy (non-hydrogen) atoms. The third-order valence-corrected chi connectivity index (χ3v) is 3.35. The number of methoxy groups -OCH3 is 1. The summed E-state index contributed by atoms with van der Waals surface area (Å²) >= 11 is 0. The van der Waals surface area contributed by atoms with E-state index in [2.05, 4.69) is 10.6 Å². The molecule has 1 aromatic carbocycles. The Balaban J connectivity index is 2.02. The highest BCUT2D eigenvalue weighted by molar-refractivity contribution is 5.92. The molecular formula is C13H17FN2O2. The fourth-order valence-corrected chi connectivity index (χ4v) is 1.87. The van der Waals surface area contributed by atoms with E-state index >= 15 is 0 Å². The van der Waals surface area contributed by atoms with Crippen LogP contribution >= 0.6 is 0 Å². The van der Waals surface area contributed by atoms with Crippen molar-refractivity contribution in [2.75, 3.05) is 25.5 Å². The quantitative estimate of drug-likeness (QED) is 0.856. The fourth-order valence-electron chi connectivity index (χ4n) is 1.87. The highest BCUT2D eigenvalue weighted by atomic mass is 19.1. The lowest BCUT2D eigenvalue weighted by Crippen LogP contribution is -2.48. The highest BCUT2D eigenvalue weighted by Crippen LogP contribution is 2.23. The number of amides is 1. The van der Waals surface area contributed by atoms with Gasteiger partial charge in [-0.05, 0) is 31.1 Å². The van der Waals surface area contributed by atoms with E-state index in [1.807, 2.05) is 6.92 Å². The Kier molecular flexibility index (Phi) is 3.81. The number of halogens is 1. The molecule has 1 amide bonds. The first kappa shape index (κ1) is 12.8. The van der Waals surface area contributed by atoms with E-state index in [0.717, 1.165) is 13.1 Å². The van der Waals surface area contributed by atoms with E-state index in [1.54, 1.807) is 0 Å². The van der Waals surface area contributed by atoms with Crippen LogP contribution in [-0.4, -0.2) is 26.1 Å². The van der Waals surface area contributed by atoms with Crippen LogP contribution in [0.15, 0.2) is 18.2 Å². The summed E-state index contributed by atoms with van der Waals surface area (Å²) < 4.78 is 18.1. The van der Waals surface area contributed by atoms with Crippen LogP contribution in [-0.2, 0) is 4.79 Å². The van der Waals surface area contributed by atoms with Crippen molar-refractivity contribution < 1.29 is 13.9 Å². The summed E-state index contributed by atoms with van der Waals surface area (Å²) in [6.45, 7) is 3.66. The Labute approximate surface area is 106 Å². The normalized spacial score (nSPS) is 16.8. The average molecular weight is 252 g/mol. The molecule has 1 saturated heterocycles. The summed E-state index contributed by atoms with van der Waals surface area (Å²) in [5.41, 5.74) is 0.553. The number of carbonyl (C=O) groups excluding carboxylic acids is 1. The van der Waals surface area contributed by atoms with Crippen LogP contribution in [0.25, 0.3) is 0 Å². The van der Waals surface area contributed by atoms with Crippen LogP contribution in [0.1, 0.15) is 6.92 Å². The van der Waals surface area contributed by atoms with Gasteiger partial charge in [0.25, 0.3) is 0 Å². The van der Waals surface area contributed by atoms with Crippen molar-refractivity contribution in [1.82, 2.24) is 5.32 Å². The first-order chi connectivity index (χ1) is 8.61. The SMILES string of the molecule is COc1cc(NC(=O)C(C)C2CNC2)ccc1F. The lowest BCUT2D eigenvalue weighted by Gasteiger charge is -2.31. The molecule has 1 aliphatic heterocycles. The van der Waals surface area contributed by atoms with Crippen molar-refractivity contribution in [2.45, 2.75) is 6.92 Å². The van der Waals surface area contributed by atoms with Gasteiger partial charge in [-0.15, -0.1) is 0 Å². The molecule has 0 bridgehead atoms. The molecule has 1 aromatic rings. The van der Waals surface area contributed by atoms with E-state index in [-0.39, 0.29) is 17.6 Å². The van der Waals surface area contributed by atoms with Gasteiger partial charge in [-0.25, -0.2) is 4.39 Å². The maximum atomic E-state index is 13.2. The van der Waals surface area contributed by atoms with Crippen LogP contribution in [0.2, 0.25) is 0 Å². The minimum absolute atomic E-state index is 0.0461. The minimum Gasteiger partial charge on any atom is -0.494 e. The number of hydrogen-bond donors (Lipinski definition) is 2. The van der Waals surface area contributed by atoms with Gasteiger partial charge in [0.2, 0.25) is 5.91 Å². The van der Waals surface area contributed by atoms with Gasteiger partial charge in [-0.1, -0.05) is 6.92 Å². The Morgan fingerprint density at radius 1 is 1.56 bits per heavy atom. The second kappa shape index (κ2) is 5.35. The average Bonchev–Trinajstić information content (AvgIpc) is 2.29. The van der Waals surface area contributed by atoms with Gasteiger partial charge in [0.15, 0.2) is 11.6 Å². The molecule has 0 saturated carbocycles. The van der Waals surface area contributed by atoms with Crippen molar-refractivity contribution in [3.63, 3.8) is 0 Å². The smallest absolute Gasteiger partial charge is 0.227 e. The highest BCUT2D eigenvalue weighted by Gasteiger charge is 2.28. The van der Waals surface area contributed by atoms with E-state index in [0.29, 0.717) is 11.6 Å². The molecular weight excluding hydrogens is 235 g/mol. The maximum Gasteiger partial charge on any atom is 0.227 e. The third kappa shape index (κ3) is 2.61. The third-order valence-electron chi connectivity index (χ3n) is 3.35. The van der Waals surface area contributed by atoms with E-state index in [9.17, 15) is 9.18 Å². The first-order valence-corrected chi connectivity index (χ1v) is 5.97. The zero-order valence-electron chi connectivity index (χ0n) is 10.5. The van der Waals surface area contributed by atoms with Gasteiger partial charge >= 0.3 is 0 Å². The number of hydrogen-bond acceptors (Lipinski definition) is 3. The van der Waals surface area contributed by atoms with Crippen LogP contribution in [0, 0.1) is 17.7 Å². The van der Waals surface area contributed by atoms with Gasteiger partial charge in [0.1, 0.15) is 0 Å². The molecule has 1 aliphatic rings. The zero-order chi connectivity index (χ0) is 13.1.